The number of allylic oxidation sites excluding steroid dienone is 1. The number of aromatic nitrogens is 1. The van der Waals surface area contributed by atoms with E-state index in [-0.39, 0.29) is 16.8 Å². The van der Waals surface area contributed by atoms with Gasteiger partial charge in [0.25, 0.3) is 0 Å². The number of pyridine rings is 1. The first-order chi connectivity index (χ1) is 8.63. The van der Waals surface area contributed by atoms with Crippen LogP contribution in [0, 0.1) is 5.41 Å². The number of amides is 1. The summed E-state index contributed by atoms with van der Waals surface area (Å²) in [5.74, 6) is 0.112. The molecule has 0 saturated carbocycles. The zero-order valence-electron chi connectivity index (χ0n) is 9.74. The Balaban J connectivity index is 2.67. The third kappa shape index (κ3) is 5.20. The maximum Gasteiger partial charge on any atom is 0.234 e. The first-order valence-electron chi connectivity index (χ1n) is 5.03. The van der Waals surface area contributed by atoms with E-state index in [9.17, 15) is 4.79 Å². The third-order valence-electron chi connectivity index (χ3n) is 1.83. The summed E-state index contributed by atoms with van der Waals surface area (Å²) in [5.41, 5.74) is 0.964. The Kier molecular flexibility index (Phi) is 6.24. The van der Waals surface area contributed by atoms with Crippen LogP contribution in [0.2, 0.25) is 0 Å². The molecule has 0 aliphatic heterocycles. The lowest BCUT2D eigenvalue weighted by atomic mass is 10.4. The molecular weight excluding hydrogens is 272 g/mol. The smallest absolute Gasteiger partial charge is 0.234 e. The van der Waals surface area contributed by atoms with Gasteiger partial charge >= 0.3 is 0 Å². The number of rotatable bonds is 6. The lowest BCUT2D eigenvalue weighted by Gasteiger charge is -2.07. The fourth-order valence-corrected chi connectivity index (χ4v) is 1.51. The molecule has 18 heavy (non-hydrogen) atoms. The van der Waals surface area contributed by atoms with Crippen LogP contribution in [0.5, 0.6) is 0 Å². The van der Waals surface area contributed by atoms with E-state index in [1.165, 1.54) is 18.0 Å². The first kappa shape index (κ1) is 14.5. The number of carbonyl (C=O) groups excluding carboxylic acids is 1. The van der Waals surface area contributed by atoms with Crippen molar-refractivity contribution in [3.05, 3.63) is 36.4 Å². The summed E-state index contributed by atoms with van der Waals surface area (Å²) in [6.45, 7) is 0. The Hall–Kier alpha value is -1.53. The van der Waals surface area contributed by atoms with Crippen molar-refractivity contribution in [2.45, 2.75) is 0 Å². The SMILES string of the molecule is CSCC(=O)N/C(=C/Nc1cccnc1)C(=N)Cl. The molecule has 0 bridgehead atoms. The molecule has 0 unspecified atom stereocenters. The highest BCUT2D eigenvalue weighted by molar-refractivity contribution is 7.99. The van der Waals surface area contributed by atoms with Crippen molar-refractivity contribution in [1.29, 1.82) is 5.41 Å². The third-order valence-corrected chi connectivity index (χ3v) is 2.59. The van der Waals surface area contributed by atoms with Crippen LogP contribution in [-0.2, 0) is 4.79 Å². The van der Waals surface area contributed by atoms with Crippen LogP contribution in [0.15, 0.2) is 36.4 Å². The lowest BCUT2D eigenvalue weighted by molar-refractivity contribution is -0.117. The number of hydrogen-bond acceptors (Lipinski definition) is 5. The van der Waals surface area contributed by atoms with Gasteiger partial charge in [0, 0.05) is 12.4 Å². The van der Waals surface area contributed by atoms with E-state index < -0.39 is 0 Å². The van der Waals surface area contributed by atoms with Gasteiger partial charge in [-0.05, 0) is 18.4 Å². The lowest BCUT2D eigenvalue weighted by Crippen LogP contribution is -2.27. The number of nitrogens with one attached hydrogen (secondary N) is 3. The van der Waals surface area contributed by atoms with Crippen molar-refractivity contribution in [3.8, 4) is 0 Å². The maximum atomic E-state index is 11.4. The Morgan fingerprint density at radius 3 is 3.00 bits per heavy atom. The van der Waals surface area contributed by atoms with E-state index >= 15 is 0 Å². The molecule has 0 aromatic carbocycles. The minimum absolute atomic E-state index is 0.202. The van der Waals surface area contributed by atoms with Crippen LogP contribution in [0.1, 0.15) is 0 Å². The van der Waals surface area contributed by atoms with E-state index in [4.69, 9.17) is 17.0 Å². The first-order valence-corrected chi connectivity index (χ1v) is 6.80. The van der Waals surface area contributed by atoms with Crippen molar-refractivity contribution in [2.24, 2.45) is 0 Å². The second kappa shape index (κ2) is 7.73. The second-order valence-corrected chi connectivity index (χ2v) is 4.48. The molecule has 0 fully saturated rings. The van der Waals surface area contributed by atoms with E-state index in [1.54, 1.807) is 18.5 Å². The van der Waals surface area contributed by atoms with E-state index in [0.717, 1.165) is 5.69 Å². The molecule has 1 amide bonds. The summed E-state index contributed by atoms with van der Waals surface area (Å²) >= 11 is 6.99. The molecule has 96 valence electrons. The molecule has 5 nitrogen and oxygen atoms in total. The van der Waals surface area contributed by atoms with Gasteiger partial charge in [0.1, 0.15) is 5.17 Å². The predicted octanol–water partition coefficient (Wildman–Crippen LogP) is 2.03. The van der Waals surface area contributed by atoms with Crippen LogP contribution < -0.4 is 10.6 Å². The standard InChI is InChI=1S/C11H13ClN4OS/c1-18-7-10(17)16-9(11(12)13)6-15-8-3-2-4-14-5-8/h2-6,13,15H,7H2,1H3,(H,16,17)/b9-6+,13-11?. The molecule has 3 N–H and O–H groups in total. The zero-order valence-corrected chi connectivity index (χ0v) is 11.3. The summed E-state index contributed by atoms with van der Waals surface area (Å²) < 4.78 is 0. The Morgan fingerprint density at radius 2 is 2.44 bits per heavy atom. The molecule has 0 spiro atoms. The van der Waals surface area contributed by atoms with Gasteiger partial charge in [-0.1, -0.05) is 11.6 Å². The summed E-state index contributed by atoms with van der Waals surface area (Å²) in [6, 6.07) is 3.58. The largest absolute Gasteiger partial charge is 0.358 e. The number of nitrogens with zero attached hydrogens (tertiary/aromatic N) is 1. The molecule has 1 rings (SSSR count). The Bertz CT molecular complexity index is 450. The van der Waals surface area contributed by atoms with Crippen LogP contribution in [0.3, 0.4) is 0 Å². The highest BCUT2D eigenvalue weighted by Crippen LogP contribution is 2.05. The van der Waals surface area contributed by atoms with Crippen molar-refractivity contribution in [3.63, 3.8) is 0 Å². The summed E-state index contributed by atoms with van der Waals surface area (Å²) in [7, 11) is 0. The van der Waals surface area contributed by atoms with Gasteiger partial charge in [0.15, 0.2) is 0 Å². The Morgan fingerprint density at radius 1 is 1.67 bits per heavy atom. The molecule has 0 saturated heterocycles. The number of thioether (sulfide) groups is 1. The van der Waals surface area contributed by atoms with Crippen LogP contribution >= 0.6 is 23.4 Å². The predicted molar refractivity (Wildman–Crippen MR) is 76.0 cm³/mol. The molecule has 1 aromatic rings. The van der Waals surface area contributed by atoms with Gasteiger partial charge in [-0.3, -0.25) is 15.2 Å². The van der Waals surface area contributed by atoms with Crippen molar-refractivity contribution in [2.75, 3.05) is 17.3 Å². The van der Waals surface area contributed by atoms with E-state index in [1.807, 2.05) is 12.3 Å². The van der Waals surface area contributed by atoms with E-state index in [2.05, 4.69) is 15.6 Å². The summed E-state index contributed by atoms with van der Waals surface area (Å²) in [4.78, 5) is 15.3. The fourth-order valence-electron chi connectivity index (χ4n) is 1.08. The number of halogens is 1. The highest BCUT2D eigenvalue weighted by Gasteiger charge is 2.07. The van der Waals surface area contributed by atoms with Crippen LogP contribution in [0.25, 0.3) is 0 Å². The van der Waals surface area contributed by atoms with Gasteiger partial charge in [0.2, 0.25) is 5.91 Å². The Labute approximate surface area is 115 Å². The van der Waals surface area contributed by atoms with E-state index in [0.29, 0.717) is 5.75 Å². The van der Waals surface area contributed by atoms with Gasteiger partial charge < -0.3 is 10.6 Å². The molecule has 0 radical (unpaired) electrons. The quantitative estimate of drug-likeness (QED) is 0.699. The summed E-state index contributed by atoms with van der Waals surface area (Å²) in [6.07, 6.45) is 6.56. The fraction of sp³-hybridized carbons (Fsp3) is 0.182. The highest BCUT2D eigenvalue weighted by atomic mass is 35.5. The molecule has 1 aromatic heterocycles. The van der Waals surface area contributed by atoms with Crippen molar-refractivity contribution < 1.29 is 4.79 Å². The van der Waals surface area contributed by atoms with Crippen LogP contribution in [0.4, 0.5) is 5.69 Å². The molecular formula is C11H13ClN4OS. The molecule has 1 heterocycles. The normalized spacial score (nSPS) is 10.9. The molecule has 7 heteroatoms. The maximum absolute atomic E-state index is 11.4. The average molecular weight is 285 g/mol. The second-order valence-electron chi connectivity index (χ2n) is 3.24. The molecule has 0 aliphatic carbocycles. The number of anilines is 1. The van der Waals surface area contributed by atoms with Gasteiger partial charge in [-0.25, -0.2) is 0 Å². The zero-order chi connectivity index (χ0) is 13.4. The van der Waals surface area contributed by atoms with Gasteiger partial charge in [-0.15, -0.1) is 0 Å². The topological polar surface area (TPSA) is 77.9 Å². The average Bonchev–Trinajstić information content (AvgIpc) is 2.35. The van der Waals surface area contributed by atoms with Crippen molar-refractivity contribution in [1.82, 2.24) is 10.3 Å². The number of carbonyl (C=O) groups is 1. The van der Waals surface area contributed by atoms with Gasteiger partial charge in [-0.2, -0.15) is 11.8 Å². The molecule has 0 aliphatic rings. The summed E-state index contributed by atoms with van der Waals surface area (Å²) in [5, 5.41) is 12.6. The molecule has 0 atom stereocenters. The minimum Gasteiger partial charge on any atom is -0.358 e. The minimum atomic E-state index is -0.235. The van der Waals surface area contributed by atoms with Crippen molar-refractivity contribution >= 4 is 40.1 Å². The van der Waals surface area contributed by atoms with Crippen LogP contribution in [-0.4, -0.2) is 28.1 Å². The number of hydrogen-bond donors (Lipinski definition) is 3. The van der Waals surface area contributed by atoms with Gasteiger partial charge in [0.05, 0.1) is 23.3 Å². The monoisotopic (exact) mass is 284 g/mol.